The van der Waals surface area contributed by atoms with Crippen molar-refractivity contribution in [1.29, 1.82) is 0 Å². The lowest BCUT2D eigenvalue weighted by Crippen LogP contribution is -2.40. The number of hydrogen-bond donors (Lipinski definition) is 2. The summed E-state index contributed by atoms with van der Waals surface area (Å²) in [6.45, 7) is 5.71. The second kappa shape index (κ2) is 8.72. The molecule has 2 aromatic rings. The summed E-state index contributed by atoms with van der Waals surface area (Å²) < 4.78 is 34.5. The number of aryl methyl sites for hydroxylation is 2. The SMILES string of the molecule is CNc1nc([C@@H]2CCCCN2S(=O)(=O)c2cc(C)c(OC)cc2C)nc2c1CCNC2. The smallest absolute Gasteiger partial charge is 0.244 e. The first-order valence-electron chi connectivity index (χ1n) is 10.8. The standard InChI is InChI=1S/C22H31N5O3S/c1-14-12-20(15(2)11-19(14)30-4)31(28,29)27-10-6-5-7-18(27)22-25-17-13-24-9-8-16(17)21(23-3)26-22/h11-12,18,24H,5-10,13H2,1-4H3,(H,23,25,26)/t18-/m0/s1. The van der Waals surface area contributed by atoms with Gasteiger partial charge in [-0.25, -0.2) is 18.4 Å². The van der Waals surface area contributed by atoms with Gasteiger partial charge in [0.15, 0.2) is 0 Å². The van der Waals surface area contributed by atoms with Crippen LogP contribution < -0.4 is 15.4 Å². The van der Waals surface area contributed by atoms with E-state index in [1.54, 1.807) is 23.5 Å². The van der Waals surface area contributed by atoms with Crippen LogP contribution in [0.5, 0.6) is 5.75 Å². The molecule has 0 saturated carbocycles. The highest BCUT2D eigenvalue weighted by atomic mass is 32.2. The van der Waals surface area contributed by atoms with E-state index < -0.39 is 10.0 Å². The van der Waals surface area contributed by atoms with E-state index in [4.69, 9.17) is 14.7 Å². The van der Waals surface area contributed by atoms with E-state index in [2.05, 4.69) is 10.6 Å². The van der Waals surface area contributed by atoms with Crippen molar-refractivity contribution in [3.8, 4) is 5.75 Å². The van der Waals surface area contributed by atoms with Gasteiger partial charge in [-0.05, 0) is 62.9 Å². The maximum absolute atomic E-state index is 13.8. The fourth-order valence-electron chi connectivity index (χ4n) is 4.57. The number of aromatic nitrogens is 2. The van der Waals surface area contributed by atoms with Crippen molar-refractivity contribution >= 4 is 15.8 Å². The number of methoxy groups -OCH3 is 1. The Labute approximate surface area is 184 Å². The molecule has 4 rings (SSSR count). The van der Waals surface area contributed by atoms with Gasteiger partial charge < -0.3 is 15.4 Å². The number of rotatable bonds is 5. The van der Waals surface area contributed by atoms with Crippen LogP contribution >= 0.6 is 0 Å². The van der Waals surface area contributed by atoms with Gasteiger partial charge >= 0.3 is 0 Å². The Morgan fingerprint density at radius 1 is 1.19 bits per heavy atom. The van der Waals surface area contributed by atoms with Crippen molar-refractivity contribution < 1.29 is 13.2 Å². The molecule has 0 amide bonds. The third-order valence-electron chi connectivity index (χ3n) is 6.22. The Bertz CT molecular complexity index is 1070. The molecule has 2 aliphatic heterocycles. The monoisotopic (exact) mass is 445 g/mol. The minimum absolute atomic E-state index is 0.325. The van der Waals surface area contributed by atoms with Gasteiger partial charge in [0.1, 0.15) is 17.4 Å². The first kappa shape index (κ1) is 22.0. The van der Waals surface area contributed by atoms with Gasteiger partial charge in [0.05, 0.1) is 23.7 Å². The number of sulfonamides is 1. The highest BCUT2D eigenvalue weighted by molar-refractivity contribution is 7.89. The van der Waals surface area contributed by atoms with Crippen LogP contribution in [0, 0.1) is 13.8 Å². The van der Waals surface area contributed by atoms with Gasteiger partial charge in [-0.3, -0.25) is 0 Å². The zero-order chi connectivity index (χ0) is 22.2. The molecule has 0 spiro atoms. The van der Waals surface area contributed by atoms with Crippen molar-refractivity contribution in [2.24, 2.45) is 0 Å². The predicted molar refractivity (Wildman–Crippen MR) is 120 cm³/mol. The third-order valence-corrected chi connectivity index (χ3v) is 8.27. The van der Waals surface area contributed by atoms with Crippen LogP contribution in [-0.2, 0) is 23.0 Å². The first-order chi connectivity index (χ1) is 14.9. The molecule has 1 aromatic heterocycles. The average Bonchev–Trinajstić information content (AvgIpc) is 2.79. The normalized spacial score (nSPS) is 19.7. The van der Waals surface area contributed by atoms with Crippen LogP contribution in [-0.4, -0.2) is 49.9 Å². The maximum Gasteiger partial charge on any atom is 0.244 e. The highest BCUT2D eigenvalue weighted by Gasteiger charge is 2.37. The van der Waals surface area contributed by atoms with E-state index in [1.165, 1.54) is 0 Å². The van der Waals surface area contributed by atoms with E-state index in [-0.39, 0.29) is 6.04 Å². The van der Waals surface area contributed by atoms with Crippen LogP contribution in [0.25, 0.3) is 0 Å². The summed E-state index contributed by atoms with van der Waals surface area (Å²) in [6.07, 6.45) is 3.35. The molecule has 31 heavy (non-hydrogen) atoms. The summed E-state index contributed by atoms with van der Waals surface area (Å²) in [6, 6.07) is 3.13. The van der Waals surface area contributed by atoms with E-state index in [0.29, 0.717) is 41.5 Å². The Morgan fingerprint density at radius 2 is 2.00 bits per heavy atom. The van der Waals surface area contributed by atoms with Crippen LogP contribution in [0.2, 0.25) is 0 Å². The maximum atomic E-state index is 13.8. The van der Waals surface area contributed by atoms with Crippen LogP contribution in [0.4, 0.5) is 5.82 Å². The van der Waals surface area contributed by atoms with Crippen molar-refractivity contribution in [3.63, 3.8) is 0 Å². The summed E-state index contributed by atoms with van der Waals surface area (Å²) in [7, 11) is -0.267. The number of fused-ring (bicyclic) bond motifs is 1. The molecule has 8 nitrogen and oxygen atoms in total. The molecule has 1 saturated heterocycles. The lowest BCUT2D eigenvalue weighted by atomic mass is 10.0. The molecular formula is C22H31N5O3S. The number of anilines is 1. The zero-order valence-corrected chi connectivity index (χ0v) is 19.5. The second-order valence-corrected chi connectivity index (χ2v) is 10.1. The molecule has 1 fully saturated rings. The van der Waals surface area contributed by atoms with Gasteiger partial charge in [0.25, 0.3) is 0 Å². The lowest BCUT2D eigenvalue weighted by molar-refractivity contribution is 0.246. The van der Waals surface area contributed by atoms with Gasteiger partial charge in [-0.2, -0.15) is 4.31 Å². The predicted octanol–water partition coefficient (Wildman–Crippen LogP) is 2.71. The van der Waals surface area contributed by atoms with Crippen LogP contribution in [0.3, 0.4) is 0 Å². The minimum atomic E-state index is -3.72. The van der Waals surface area contributed by atoms with Gasteiger partial charge in [0.2, 0.25) is 10.0 Å². The molecule has 1 aromatic carbocycles. The van der Waals surface area contributed by atoms with E-state index >= 15 is 0 Å². The summed E-state index contributed by atoms with van der Waals surface area (Å²) in [4.78, 5) is 9.93. The quantitative estimate of drug-likeness (QED) is 0.730. The van der Waals surface area contributed by atoms with Crippen molar-refractivity contribution in [2.75, 3.05) is 32.6 Å². The molecule has 2 aliphatic rings. The van der Waals surface area contributed by atoms with Crippen molar-refractivity contribution in [2.45, 2.75) is 57.0 Å². The second-order valence-electron chi connectivity index (χ2n) is 8.25. The highest BCUT2D eigenvalue weighted by Crippen LogP contribution is 2.37. The summed E-state index contributed by atoms with van der Waals surface area (Å²) in [5.74, 6) is 2.08. The minimum Gasteiger partial charge on any atom is -0.496 e. The molecule has 0 unspecified atom stereocenters. The average molecular weight is 446 g/mol. The Balaban J connectivity index is 1.77. The topological polar surface area (TPSA) is 96.5 Å². The molecule has 0 aliphatic carbocycles. The van der Waals surface area contributed by atoms with E-state index in [0.717, 1.165) is 48.4 Å². The number of ether oxygens (including phenoxy) is 1. The Kier molecular flexibility index (Phi) is 6.18. The molecule has 168 valence electrons. The molecule has 0 radical (unpaired) electrons. The summed E-state index contributed by atoms with van der Waals surface area (Å²) in [5.41, 5.74) is 3.56. The number of hydrogen-bond acceptors (Lipinski definition) is 7. The molecule has 0 bridgehead atoms. The van der Waals surface area contributed by atoms with Crippen LogP contribution in [0.1, 0.15) is 53.5 Å². The summed E-state index contributed by atoms with van der Waals surface area (Å²) >= 11 is 0. The van der Waals surface area contributed by atoms with Gasteiger partial charge in [0, 0.05) is 25.7 Å². The van der Waals surface area contributed by atoms with Gasteiger partial charge in [-0.15, -0.1) is 0 Å². The number of benzene rings is 1. The fourth-order valence-corrected chi connectivity index (χ4v) is 6.52. The van der Waals surface area contributed by atoms with Crippen molar-refractivity contribution in [1.82, 2.24) is 19.6 Å². The zero-order valence-electron chi connectivity index (χ0n) is 18.7. The lowest BCUT2D eigenvalue weighted by Gasteiger charge is -2.35. The fraction of sp³-hybridized carbons (Fsp3) is 0.545. The molecular weight excluding hydrogens is 414 g/mol. The van der Waals surface area contributed by atoms with E-state index in [9.17, 15) is 8.42 Å². The number of nitrogens with one attached hydrogen (secondary N) is 2. The molecule has 9 heteroatoms. The summed E-state index contributed by atoms with van der Waals surface area (Å²) in [5, 5.41) is 6.54. The van der Waals surface area contributed by atoms with Gasteiger partial charge in [-0.1, -0.05) is 6.42 Å². The number of piperidine rings is 1. The number of nitrogens with zero attached hydrogens (tertiary/aromatic N) is 3. The molecule has 3 heterocycles. The molecule has 2 N–H and O–H groups in total. The van der Waals surface area contributed by atoms with E-state index in [1.807, 2.05) is 20.9 Å². The molecule has 1 atom stereocenters. The Hall–Kier alpha value is -2.23. The van der Waals surface area contributed by atoms with Crippen molar-refractivity contribution in [3.05, 3.63) is 40.3 Å². The third kappa shape index (κ3) is 4.02. The largest absolute Gasteiger partial charge is 0.496 e. The first-order valence-corrected chi connectivity index (χ1v) is 12.3. The van der Waals surface area contributed by atoms with Crippen LogP contribution in [0.15, 0.2) is 17.0 Å². The Morgan fingerprint density at radius 3 is 2.74 bits per heavy atom.